The molecule has 190 valence electrons. The van der Waals surface area contributed by atoms with Crippen molar-refractivity contribution in [2.75, 3.05) is 28.2 Å². The van der Waals surface area contributed by atoms with Crippen LogP contribution in [-0.4, -0.2) is 49.6 Å². The van der Waals surface area contributed by atoms with Gasteiger partial charge in [0.1, 0.15) is 5.78 Å². The molecule has 3 aromatic rings. The molecule has 3 atom stereocenters. The lowest BCUT2D eigenvalue weighted by molar-refractivity contribution is -0.121. The van der Waals surface area contributed by atoms with Gasteiger partial charge < -0.3 is 5.32 Å². The van der Waals surface area contributed by atoms with Crippen LogP contribution in [0.5, 0.6) is 0 Å². The number of nitrogens with zero attached hydrogens (tertiary/aromatic N) is 2. The fourth-order valence-electron chi connectivity index (χ4n) is 3.40. The molecular weight excluding hydrogens is 462 g/mol. The number of thiazole rings is 1. The molecule has 1 fully saturated rings. The zero-order valence-corrected chi connectivity index (χ0v) is 24.4. The lowest BCUT2D eigenvalue weighted by Crippen LogP contribution is -2.25. The highest BCUT2D eigenvalue weighted by atomic mass is 32.1. The molecule has 2 heterocycles. The molecule has 1 aliphatic rings. The number of Topliss-reactive ketones (excluding diaryl/α,β-unsaturated/α-hetero) is 2. The van der Waals surface area contributed by atoms with E-state index in [2.05, 4.69) is 28.5 Å². The van der Waals surface area contributed by atoms with Crippen LogP contribution in [0.3, 0.4) is 0 Å². The van der Waals surface area contributed by atoms with E-state index >= 15 is 0 Å². The summed E-state index contributed by atoms with van der Waals surface area (Å²) in [5.41, 5.74) is 3.25. The molecule has 1 aliphatic carbocycles. The zero-order valence-electron chi connectivity index (χ0n) is 22.7. The number of likely N-dealkylation sites (N-methyl/N-ethyl adjacent to an activating group) is 1. The van der Waals surface area contributed by atoms with Gasteiger partial charge in [-0.15, -0.1) is 11.3 Å². The molecule has 1 N–H and O–H groups in total. The number of nitrogens with one attached hydrogen (secondary N) is 1. The van der Waals surface area contributed by atoms with Crippen molar-refractivity contribution < 1.29 is 9.59 Å². The summed E-state index contributed by atoms with van der Waals surface area (Å²) in [7, 11) is 7.59. The van der Waals surface area contributed by atoms with E-state index in [0.29, 0.717) is 5.78 Å². The van der Waals surface area contributed by atoms with Crippen LogP contribution in [-0.2, 0) is 9.59 Å². The van der Waals surface area contributed by atoms with Crippen molar-refractivity contribution in [3.8, 4) is 0 Å². The number of thiophene rings is 1. The quantitative estimate of drug-likeness (QED) is 0.426. The molecular formula is C27H43N3O2S2. The average molecular weight is 506 g/mol. The Morgan fingerprint density at radius 2 is 1.68 bits per heavy atom. The lowest BCUT2D eigenvalue weighted by atomic mass is 10.1. The minimum atomic E-state index is -0.0729. The van der Waals surface area contributed by atoms with Gasteiger partial charge in [-0.3, -0.25) is 14.5 Å². The number of carbonyl (C=O) groups is 2. The van der Waals surface area contributed by atoms with Crippen molar-refractivity contribution >= 4 is 44.5 Å². The number of aryl methyl sites for hydroxylation is 1. The van der Waals surface area contributed by atoms with Crippen molar-refractivity contribution in [2.24, 2.45) is 5.92 Å². The van der Waals surface area contributed by atoms with Crippen LogP contribution in [0.15, 0.2) is 35.0 Å². The van der Waals surface area contributed by atoms with E-state index in [1.165, 1.54) is 4.70 Å². The van der Waals surface area contributed by atoms with Gasteiger partial charge in [0.2, 0.25) is 0 Å². The molecule has 1 saturated carbocycles. The van der Waals surface area contributed by atoms with Crippen LogP contribution in [0.25, 0.3) is 10.2 Å². The number of rotatable bonds is 4. The fourth-order valence-corrected chi connectivity index (χ4v) is 4.88. The number of hydrogen-bond donors (Lipinski definition) is 1. The number of ketones is 2. The van der Waals surface area contributed by atoms with Gasteiger partial charge in [-0.1, -0.05) is 40.7 Å². The first-order chi connectivity index (χ1) is 16.2. The summed E-state index contributed by atoms with van der Waals surface area (Å²) in [4.78, 5) is 29.0. The Hall–Kier alpha value is -1.93. The predicted octanol–water partition coefficient (Wildman–Crippen LogP) is 6.73. The van der Waals surface area contributed by atoms with Gasteiger partial charge in [-0.25, -0.2) is 4.98 Å². The fraction of sp³-hybridized carbons (Fsp3) is 0.519. The molecule has 5 nitrogen and oxygen atoms in total. The zero-order chi connectivity index (χ0) is 26.4. The number of carbonyl (C=O) groups excluding carboxylic acids is 2. The second-order valence-electron chi connectivity index (χ2n) is 7.66. The molecule has 3 unspecified atom stereocenters. The SMILES string of the molecule is CC.CC.CC(=O)C(c1ccsc1)N(C)C.CNC.Cc1nc2cc(C3C(=O)C3C)ccc2s1. The van der Waals surface area contributed by atoms with E-state index in [9.17, 15) is 9.59 Å². The standard InChI is InChI=1S/C12H11NOS.C9H13NOS.C2H7N.2C2H6/c1-6-11(12(6)14)8-3-4-10-9(5-8)13-7(2)15-10;1-7(11)9(10(2)3)8-4-5-12-6-8;1-3-2;2*1-2/h3-6,11H,1-2H3;4-6,9H,1-3H3;3H,1-2H3;2*1-2H3. The molecule has 7 heteroatoms. The molecule has 4 rings (SSSR count). The molecule has 0 spiro atoms. The van der Waals surface area contributed by atoms with Gasteiger partial charge in [0.15, 0.2) is 5.78 Å². The third kappa shape index (κ3) is 9.37. The first-order valence-electron chi connectivity index (χ1n) is 11.9. The van der Waals surface area contributed by atoms with Gasteiger partial charge in [0.05, 0.1) is 27.2 Å². The first kappa shape index (κ1) is 32.1. The number of fused-ring (bicyclic) bond motifs is 1. The Kier molecular flexibility index (Phi) is 15.7. The molecule has 34 heavy (non-hydrogen) atoms. The summed E-state index contributed by atoms with van der Waals surface area (Å²) in [6, 6.07) is 8.12. The Balaban J connectivity index is 0.000000517. The monoisotopic (exact) mass is 505 g/mol. The smallest absolute Gasteiger partial charge is 0.151 e. The van der Waals surface area contributed by atoms with Crippen LogP contribution in [0.1, 0.15) is 69.6 Å². The van der Waals surface area contributed by atoms with Gasteiger partial charge >= 0.3 is 0 Å². The van der Waals surface area contributed by atoms with E-state index in [1.807, 2.05) is 91.5 Å². The predicted molar refractivity (Wildman–Crippen MR) is 150 cm³/mol. The van der Waals surface area contributed by atoms with Crippen molar-refractivity contribution in [3.05, 3.63) is 51.2 Å². The van der Waals surface area contributed by atoms with Crippen molar-refractivity contribution in [1.82, 2.24) is 15.2 Å². The Bertz CT molecular complexity index is 981. The summed E-state index contributed by atoms with van der Waals surface area (Å²) < 4.78 is 1.21. The third-order valence-corrected chi connectivity index (χ3v) is 6.44. The van der Waals surface area contributed by atoms with Crippen LogP contribution in [0, 0.1) is 12.8 Å². The van der Waals surface area contributed by atoms with Gasteiger partial charge in [0, 0.05) is 5.92 Å². The highest BCUT2D eigenvalue weighted by Gasteiger charge is 2.46. The van der Waals surface area contributed by atoms with Crippen LogP contribution in [0.4, 0.5) is 0 Å². The van der Waals surface area contributed by atoms with E-state index in [0.717, 1.165) is 21.7 Å². The molecule has 1 aromatic carbocycles. The molecule has 0 aliphatic heterocycles. The lowest BCUT2D eigenvalue weighted by Gasteiger charge is -2.20. The summed E-state index contributed by atoms with van der Waals surface area (Å²) in [5, 5.41) is 7.85. The van der Waals surface area contributed by atoms with Gasteiger partial charge in [-0.2, -0.15) is 11.3 Å². The normalized spacial score (nSPS) is 16.5. The highest BCUT2D eigenvalue weighted by molar-refractivity contribution is 7.18. The van der Waals surface area contributed by atoms with Gasteiger partial charge in [-0.05, 0) is 82.1 Å². The molecule has 0 saturated heterocycles. The maximum absolute atomic E-state index is 11.3. The first-order valence-corrected chi connectivity index (χ1v) is 13.6. The minimum Gasteiger partial charge on any atom is -0.323 e. The van der Waals surface area contributed by atoms with E-state index in [1.54, 1.807) is 29.6 Å². The average Bonchev–Trinajstić information content (AvgIpc) is 3.17. The number of benzene rings is 1. The maximum Gasteiger partial charge on any atom is 0.151 e. The summed E-state index contributed by atoms with van der Waals surface area (Å²) >= 11 is 3.32. The van der Waals surface area contributed by atoms with Crippen LogP contribution >= 0.6 is 22.7 Å². The number of aromatic nitrogens is 1. The van der Waals surface area contributed by atoms with E-state index < -0.39 is 0 Å². The van der Waals surface area contributed by atoms with Crippen molar-refractivity contribution in [2.45, 2.75) is 60.4 Å². The van der Waals surface area contributed by atoms with E-state index in [-0.39, 0.29) is 23.7 Å². The molecule has 2 aromatic heterocycles. The minimum absolute atomic E-state index is 0.0729. The second-order valence-corrected chi connectivity index (χ2v) is 9.68. The Morgan fingerprint density at radius 3 is 2.09 bits per heavy atom. The van der Waals surface area contributed by atoms with Crippen molar-refractivity contribution in [3.63, 3.8) is 0 Å². The topological polar surface area (TPSA) is 62.3 Å². The second kappa shape index (κ2) is 16.7. The third-order valence-electron chi connectivity index (χ3n) is 4.78. The molecule has 0 bridgehead atoms. The Labute approximate surface area is 214 Å². The molecule has 0 radical (unpaired) electrons. The number of hydrogen-bond acceptors (Lipinski definition) is 7. The summed E-state index contributed by atoms with van der Waals surface area (Å²) in [6.45, 7) is 13.6. The largest absolute Gasteiger partial charge is 0.323 e. The van der Waals surface area contributed by atoms with Gasteiger partial charge in [0.25, 0.3) is 0 Å². The highest BCUT2D eigenvalue weighted by Crippen LogP contribution is 2.43. The van der Waals surface area contributed by atoms with Crippen LogP contribution < -0.4 is 5.32 Å². The Morgan fingerprint density at radius 1 is 1.12 bits per heavy atom. The summed E-state index contributed by atoms with van der Waals surface area (Å²) in [5.74, 6) is 0.901. The van der Waals surface area contributed by atoms with E-state index in [4.69, 9.17) is 0 Å². The summed E-state index contributed by atoms with van der Waals surface area (Å²) in [6.07, 6.45) is 0. The van der Waals surface area contributed by atoms with Crippen molar-refractivity contribution in [1.29, 1.82) is 0 Å². The maximum atomic E-state index is 11.3. The van der Waals surface area contributed by atoms with Crippen LogP contribution in [0.2, 0.25) is 0 Å². The molecule has 0 amide bonds.